The summed E-state index contributed by atoms with van der Waals surface area (Å²) in [5, 5.41) is 3.37. The summed E-state index contributed by atoms with van der Waals surface area (Å²) in [4.78, 5) is 2.33. The second-order valence-electron chi connectivity index (χ2n) is 4.42. The molecule has 1 N–H and O–H groups in total. The molecule has 1 rings (SSSR count). The maximum atomic E-state index is 11.5. The first-order chi connectivity index (χ1) is 7.59. The quantitative estimate of drug-likeness (QED) is 0.743. The van der Waals surface area contributed by atoms with Crippen LogP contribution in [0.2, 0.25) is 0 Å². The van der Waals surface area contributed by atoms with E-state index in [1.807, 2.05) is 0 Å². The predicted molar refractivity (Wildman–Crippen MR) is 67.5 cm³/mol. The number of nitrogens with one attached hydrogen (secondary N) is 1. The topological polar surface area (TPSA) is 49.4 Å². The van der Waals surface area contributed by atoms with E-state index < -0.39 is 9.84 Å². The summed E-state index contributed by atoms with van der Waals surface area (Å²) >= 11 is 0. The first-order valence-corrected chi connectivity index (χ1v) is 8.06. The van der Waals surface area contributed by atoms with E-state index in [0.717, 1.165) is 32.5 Å². The minimum atomic E-state index is -2.82. The van der Waals surface area contributed by atoms with Gasteiger partial charge in [0.05, 0.1) is 5.75 Å². The van der Waals surface area contributed by atoms with Gasteiger partial charge in [0, 0.05) is 38.0 Å². The van der Waals surface area contributed by atoms with Crippen LogP contribution >= 0.6 is 0 Å². The van der Waals surface area contributed by atoms with Crippen LogP contribution in [0, 0.1) is 0 Å². The van der Waals surface area contributed by atoms with Crippen LogP contribution in [0.1, 0.15) is 26.7 Å². The first kappa shape index (κ1) is 13.9. The summed E-state index contributed by atoms with van der Waals surface area (Å²) in [5.41, 5.74) is 0. The van der Waals surface area contributed by atoms with E-state index in [1.54, 1.807) is 6.92 Å². The molecule has 0 bridgehead atoms. The van der Waals surface area contributed by atoms with E-state index in [4.69, 9.17) is 0 Å². The van der Waals surface area contributed by atoms with E-state index in [-0.39, 0.29) is 5.75 Å². The van der Waals surface area contributed by atoms with Crippen molar-refractivity contribution >= 4 is 9.84 Å². The fraction of sp³-hybridized carbons (Fsp3) is 1.00. The normalized spacial score (nSPS) is 23.5. The van der Waals surface area contributed by atoms with Gasteiger partial charge >= 0.3 is 0 Å². The monoisotopic (exact) mass is 248 g/mol. The van der Waals surface area contributed by atoms with Gasteiger partial charge in [-0.05, 0) is 6.42 Å². The standard InChI is InChI=1S/C11H24N2O2S/c1-3-5-11-10-12-6-7-13(11)8-9-16(14,15)4-2/h11-12H,3-10H2,1-2H3. The summed E-state index contributed by atoms with van der Waals surface area (Å²) < 4.78 is 22.9. The zero-order chi connectivity index (χ0) is 12.0. The van der Waals surface area contributed by atoms with Gasteiger partial charge in [0.2, 0.25) is 0 Å². The molecule has 5 heteroatoms. The molecule has 1 aliphatic heterocycles. The molecule has 0 radical (unpaired) electrons. The lowest BCUT2D eigenvalue weighted by Gasteiger charge is -2.36. The zero-order valence-electron chi connectivity index (χ0n) is 10.4. The van der Waals surface area contributed by atoms with Crippen molar-refractivity contribution in [2.75, 3.05) is 37.7 Å². The summed E-state index contributed by atoms with van der Waals surface area (Å²) in [6.45, 7) is 7.55. The SMILES string of the molecule is CCCC1CNCCN1CCS(=O)(=O)CC. The van der Waals surface area contributed by atoms with Crippen molar-refractivity contribution in [3.8, 4) is 0 Å². The second-order valence-corrected chi connectivity index (χ2v) is 6.89. The Morgan fingerprint density at radius 1 is 1.38 bits per heavy atom. The van der Waals surface area contributed by atoms with E-state index in [0.29, 0.717) is 18.3 Å². The lowest BCUT2D eigenvalue weighted by Crippen LogP contribution is -2.52. The average Bonchev–Trinajstić information content (AvgIpc) is 2.28. The highest BCUT2D eigenvalue weighted by molar-refractivity contribution is 7.91. The number of nitrogens with zero attached hydrogens (tertiary/aromatic N) is 1. The maximum Gasteiger partial charge on any atom is 0.151 e. The van der Waals surface area contributed by atoms with Crippen molar-refractivity contribution in [3.05, 3.63) is 0 Å². The van der Waals surface area contributed by atoms with Crippen LogP contribution in [0.15, 0.2) is 0 Å². The fourth-order valence-corrected chi connectivity index (χ4v) is 2.92. The maximum absolute atomic E-state index is 11.5. The van der Waals surface area contributed by atoms with Crippen LogP contribution in [0.4, 0.5) is 0 Å². The molecular formula is C11H24N2O2S. The van der Waals surface area contributed by atoms with Gasteiger partial charge in [0.15, 0.2) is 9.84 Å². The van der Waals surface area contributed by atoms with Gasteiger partial charge < -0.3 is 5.32 Å². The Kier molecular flexibility index (Phi) is 5.72. The van der Waals surface area contributed by atoms with Crippen molar-refractivity contribution in [2.45, 2.75) is 32.7 Å². The van der Waals surface area contributed by atoms with Crippen LogP contribution in [0.25, 0.3) is 0 Å². The molecule has 1 fully saturated rings. The Labute approximate surface area is 99.3 Å². The van der Waals surface area contributed by atoms with Crippen molar-refractivity contribution in [1.82, 2.24) is 10.2 Å². The van der Waals surface area contributed by atoms with Gasteiger partial charge in [-0.3, -0.25) is 4.90 Å². The van der Waals surface area contributed by atoms with Crippen molar-refractivity contribution in [2.24, 2.45) is 0 Å². The van der Waals surface area contributed by atoms with E-state index in [9.17, 15) is 8.42 Å². The molecule has 1 unspecified atom stereocenters. The Morgan fingerprint density at radius 3 is 2.75 bits per heavy atom. The van der Waals surface area contributed by atoms with E-state index in [2.05, 4.69) is 17.1 Å². The fourth-order valence-electron chi connectivity index (χ4n) is 2.12. The van der Waals surface area contributed by atoms with Crippen LogP contribution in [0.5, 0.6) is 0 Å². The smallest absolute Gasteiger partial charge is 0.151 e. The molecule has 1 saturated heterocycles. The number of hydrogen-bond donors (Lipinski definition) is 1. The lowest BCUT2D eigenvalue weighted by atomic mass is 10.1. The third-order valence-electron chi connectivity index (χ3n) is 3.22. The summed E-state index contributed by atoms with van der Waals surface area (Å²) in [6.07, 6.45) is 2.31. The molecule has 0 aromatic carbocycles. The Hall–Kier alpha value is -0.130. The molecule has 4 nitrogen and oxygen atoms in total. The van der Waals surface area contributed by atoms with Crippen molar-refractivity contribution in [1.29, 1.82) is 0 Å². The third kappa shape index (κ3) is 4.39. The van der Waals surface area contributed by atoms with E-state index >= 15 is 0 Å². The molecule has 0 amide bonds. The number of piperazine rings is 1. The van der Waals surface area contributed by atoms with Crippen LogP contribution in [-0.4, -0.2) is 57.0 Å². The third-order valence-corrected chi connectivity index (χ3v) is 4.91. The number of rotatable bonds is 6. The Bertz CT molecular complexity index is 288. The molecule has 1 atom stereocenters. The van der Waals surface area contributed by atoms with Crippen LogP contribution in [0.3, 0.4) is 0 Å². The van der Waals surface area contributed by atoms with Crippen molar-refractivity contribution < 1.29 is 8.42 Å². The van der Waals surface area contributed by atoms with Gasteiger partial charge in [-0.1, -0.05) is 20.3 Å². The van der Waals surface area contributed by atoms with Gasteiger partial charge in [0.1, 0.15) is 0 Å². The van der Waals surface area contributed by atoms with Crippen molar-refractivity contribution in [3.63, 3.8) is 0 Å². The Balaban J connectivity index is 2.43. The average molecular weight is 248 g/mol. The molecule has 1 heterocycles. The minimum absolute atomic E-state index is 0.261. The minimum Gasteiger partial charge on any atom is -0.314 e. The molecule has 0 saturated carbocycles. The molecule has 0 spiro atoms. The summed E-state index contributed by atoms with van der Waals surface area (Å²) in [6, 6.07) is 0.519. The van der Waals surface area contributed by atoms with E-state index in [1.165, 1.54) is 0 Å². The Morgan fingerprint density at radius 2 is 2.12 bits per heavy atom. The molecular weight excluding hydrogens is 224 g/mol. The lowest BCUT2D eigenvalue weighted by molar-refractivity contribution is 0.161. The highest BCUT2D eigenvalue weighted by Gasteiger charge is 2.22. The molecule has 0 aromatic rings. The van der Waals surface area contributed by atoms with Gasteiger partial charge in [-0.25, -0.2) is 8.42 Å². The summed E-state index contributed by atoms with van der Waals surface area (Å²) in [5.74, 6) is 0.571. The zero-order valence-corrected chi connectivity index (χ0v) is 11.2. The molecule has 0 aliphatic carbocycles. The molecule has 16 heavy (non-hydrogen) atoms. The second kappa shape index (κ2) is 6.57. The van der Waals surface area contributed by atoms with Gasteiger partial charge in [-0.15, -0.1) is 0 Å². The van der Waals surface area contributed by atoms with Crippen LogP contribution < -0.4 is 5.32 Å². The largest absolute Gasteiger partial charge is 0.314 e. The van der Waals surface area contributed by atoms with Gasteiger partial charge in [-0.2, -0.15) is 0 Å². The molecule has 96 valence electrons. The highest BCUT2D eigenvalue weighted by atomic mass is 32.2. The number of hydrogen-bond acceptors (Lipinski definition) is 4. The molecule has 1 aliphatic rings. The first-order valence-electron chi connectivity index (χ1n) is 6.24. The number of sulfone groups is 1. The highest BCUT2D eigenvalue weighted by Crippen LogP contribution is 2.09. The van der Waals surface area contributed by atoms with Crippen LogP contribution in [-0.2, 0) is 9.84 Å². The summed E-state index contributed by atoms with van der Waals surface area (Å²) in [7, 11) is -2.82. The predicted octanol–water partition coefficient (Wildman–Crippen LogP) is 0.495. The van der Waals surface area contributed by atoms with Gasteiger partial charge in [0.25, 0.3) is 0 Å². The molecule has 0 aromatic heterocycles.